The van der Waals surface area contributed by atoms with Gasteiger partial charge in [0.15, 0.2) is 8.32 Å². The molecule has 0 aromatic rings. The minimum atomic E-state index is -1.70. The van der Waals surface area contributed by atoms with Crippen LogP contribution in [-0.4, -0.2) is 25.6 Å². The third-order valence-corrected chi connectivity index (χ3v) is 14.8. The van der Waals surface area contributed by atoms with Gasteiger partial charge in [-0.1, -0.05) is 46.3 Å². The van der Waals surface area contributed by atoms with Crippen molar-refractivity contribution in [2.75, 3.05) is 0 Å². The van der Waals surface area contributed by atoms with Gasteiger partial charge in [-0.2, -0.15) is 0 Å². The van der Waals surface area contributed by atoms with E-state index in [4.69, 9.17) is 4.43 Å². The van der Waals surface area contributed by atoms with Gasteiger partial charge in [0.05, 0.1) is 6.10 Å². The van der Waals surface area contributed by atoms with E-state index in [0.29, 0.717) is 11.5 Å². The van der Waals surface area contributed by atoms with Crippen LogP contribution in [0.3, 0.4) is 0 Å². The summed E-state index contributed by atoms with van der Waals surface area (Å²) >= 11 is 0. The van der Waals surface area contributed by atoms with E-state index >= 15 is 0 Å². The SMILES string of the molecule is CC(C)(C)[Si](C)(C)OC1CC[C@@]2(C)C(=CC[C@H]3[C@@H]4CC[C@H](O)[C@@]4(C)CC[C@@H]32)C1. The molecule has 4 aliphatic rings. The minimum Gasteiger partial charge on any atom is -0.414 e. The van der Waals surface area contributed by atoms with Crippen LogP contribution in [0.2, 0.25) is 18.1 Å². The Bertz CT molecular complexity index is 647. The summed E-state index contributed by atoms with van der Waals surface area (Å²) in [5.41, 5.74) is 2.28. The Balaban J connectivity index is 1.53. The van der Waals surface area contributed by atoms with Crippen LogP contribution in [0.15, 0.2) is 11.6 Å². The molecule has 0 aromatic heterocycles. The molecule has 3 saturated carbocycles. The number of rotatable bonds is 2. The summed E-state index contributed by atoms with van der Waals surface area (Å²) in [6.07, 6.45) is 12.7. The van der Waals surface area contributed by atoms with E-state index in [9.17, 15) is 5.11 Å². The molecule has 28 heavy (non-hydrogen) atoms. The van der Waals surface area contributed by atoms with Gasteiger partial charge in [0, 0.05) is 6.10 Å². The second kappa shape index (κ2) is 6.69. The molecular weight excluding hydrogens is 360 g/mol. The van der Waals surface area contributed by atoms with Crippen LogP contribution in [0, 0.1) is 28.6 Å². The highest BCUT2D eigenvalue weighted by atomic mass is 28.4. The van der Waals surface area contributed by atoms with Crippen LogP contribution in [0.25, 0.3) is 0 Å². The van der Waals surface area contributed by atoms with Crippen molar-refractivity contribution in [3.63, 3.8) is 0 Å². The van der Waals surface area contributed by atoms with Crippen molar-refractivity contribution in [3.8, 4) is 0 Å². The zero-order valence-electron chi connectivity index (χ0n) is 19.5. The summed E-state index contributed by atoms with van der Waals surface area (Å²) in [6.45, 7) is 16.8. The fourth-order valence-corrected chi connectivity index (χ4v) is 8.68. The van der Waals surface area contributed by atoms with Gasteiger partial charge < -0.3 is 9.53 Å². The van der Waals surface area contributed by atoms with Crippen LogP contribution >= 0.6 is 0 Å². The molecule has 4 aliphatic carbocycles. The lowest BCUT2D eigenvalue weighted by molar-refractivity contribution is -0.0706. The Hall–Kier alpha value is -0.123. The third kappa shape index (κ3) is 3.10. The number of aliphatic hydroxyl groups is 1. The summed E-state index contributed by atoms with van der Waals surface area (Å²) in [4.78, 5) is 0. The van der Waals surface area contributed by atoms with Crippen LogP contribution in [0.4, 0.5) is 0 Å². The van der Waals surface area contributed by atoms with Gasteiger partial charge in [0.25, 0.3) is 0 Å². The van der Waals surface area contributed by atoms with Crippen molar-refractivity contribution >= 4 is 8.32 Å². The van der Waals surface area contributed by atoms with Crippen LogP contribution < -0.4 is 0 Å². The average Bonchev–Trinajstić information content (AvgIpc) is 2.89. The van der Waals surface area contributed by atoms with Gasteiger partial charge >= 0.3 is 0 Å². The first-order valence-corrected chi connectivity index (χ1v) is 14.8. The van der Waals surface area contributed by atoms with E-state index in [2.05, 4.69) is 53.8 Å². The van der Waals surface area contributed by atoms with Gasteiger partial charge in [-0.05, 0) is 98.1 Å². The molecule has 2 nitrogen and oxygen atoms in total. The standard InChI is InChI=1S/C25H44O2Si/c1-23(2,3)28(6,7)27-18-12-14-24(4)17(16-18)8-9-19-20-10-11-22(26)25(20,5)15-13-21(19)24/h8,18-22,26H,9-16H2,1-7H3/t18?,19-,20-,21-,22-,24-,25-/m0/s1. The first kappa shape index (κ1) is 21.1. The Morgan fingerprint density at radius 1 is 1.04 bits per heavy atom. The van der Waals surface area contributed by atoms with Gasteiger partial charge in [-0.3, -0.25) is 0 Å². The van der Waals surface area contributed by atoms with Crippen molar-refractivity contribution in [1.29, 1.82) is 0 Å². The van der Waals surface area contributed by atoms with Crippen molar-refractivity contribution in [3.05, 3.63) is 11.6 Å². The highest BCUT2D eigenvalue weighted by Crippen LogP contribution is 2.65. The Kier molecular flexibility index (Phi) is 5.04. The fourth-order valence-electron chi connectivity index (χ4n) is 7.29. The Morgan fingerprint density at radius 2 is 1.75 bits per heavy atom. The van der Waals surface area contributed by atoms with Crippen molar-refractivity contribution in [2.24, 2.45) is 28.6 Å². The molecule has 0 aliphatic heterocycles. The molecule has 3 heteroatoms. The number of hydrogen-bond donors (Lipinski definition) is 1. The van der Waals surface area contributed by atoms with Gasteiger partial charge in [0.1, 0.15) is 0 Å². The number of fused-ring (bicyclic) bond motifs is 5. The summed E-state index contributed by atoms with van der Waals surface area (Å²) in [7, 11) is -1.70. The molecule has 1 unspecified atom stereocenters. The molecule has 0 saturated heterocycles. The van der Waals surface area contributed by atoms with Crippen LogP contribution in [-0.2, 0) is 4.43 Å². The smallest absolute Gasteiger partial charge is 0.192 e. The number of hydrogen-bond acceptors (Lipinski definition) is 2. The Labute approximate surface area is 174 Å². The van der Waals surface area contributed by atoms with Gasteiger partial charge in [0.2, 0.25) is 0 Å². The molecule has 0 heterocycles. The molecule has 4 rings (SSSR count). The quantitative estimate of drug-likeness (QED) is 0.410. The topological polar surface area (TPSA) is 29.5 Å². The lowest BCUT2D eigenvalue weighted by Crippen LogP contribution is -2.52. The van der Waals surface area contributed by atoms with Crippen molar-refractivity contribution in [2.45, 2.75) is 116 Å². The predicted molar refractivity (Wildman–Crippen MR) is 120 cm³/mol. The highest BCUT2D eigenvalue weighted by molar-refractivity contribution is 6.74. The second-order valence-corrected chi connectivity index (χ2v) is 17.4. The number of allylic oxidation sites excluding steroid dienone is 1. The van der Waals surface area contributed by atoms with E-state index in [1.807, 2.05) is 0 Å². The monoisotopic (exact) mass is 404 g/mol. The van der Waals surface area contributed by atoms with E-state index in [0.717, 1.165) is 30.6 Å². The third-order valence-electron chi connectivity index (χ3n) is 10.3. The molecule has 0 aromatic carbocycles. The van der Waals surface area contributed by atoms with Gasteiger partial charge in [-0.15, -0.1) is 0 Å². The molecule has 0 radical (unpaired) electrons. The Morgan fingerprint density at radius 3 is 2.43 bits per heavy atom. The largest absolute Gasteiger partial charge is 0.414 e. The normalized spacial score (nSPS) is 46.4. The van der Waals surface area contributed by atoms with Gasteiger partial charge in [-0.25, -0.2) is 0 Å². The van der Waals surface area contributed by atoms with E-state index in [-0.39, 0.29) is 16.6 Å². The highest BCUT2D eigenvalue weighted by Gasteiger charge is 2.58. The maximum Gasteiger partial charge on any atom is 0.192 e. The van der Waals surface area contributed by atoms with Crippen molar-refractivity contribution in [1.82, 2.24) is 0 Å². The molecule has 160 valence electrons. The molecule has 7 atom stereocenters. The average molecular weight is 405 g/mol. The molecule has 0 bridgehead atoms. The lowest BCUT2D eigenvalue weighted by atomic mass is 9.48. The molecule has 1 N–H and O–H groups in total. The molecule has 0 amide bonds. The lowest BCUT2D eigenvalue weighted by Gasteiger charge is -2.58. The van der Waals surface area contributed by atoms with E-state index < -0.39 is 8.32 Å². The molecular formula is C25H44O2Si. The van der Waals surface area contributed by atoms with Crippen molar-refractivity contribution < 1.29 is 9.53 Å². The molecule has 0 spiro atoms. The summed E-state index contributed by atoms with van der Waals surface area (Å²) in [5.74, 6) is 2.35. The zero-order chi connectivity index (χ0) is 20.5. The summed E-state index contributed by atoms with van der Waals surface area (Å²) in [5, 5.41) is 10.9. The fraction of sp³-hybridized carbons (Fsp3) is 0.920. The maximum atomic E-state index is 10.7. The summed E-state index contributed by atoms with van der Waals surface area (Å²) in [6, 6.07) is 0. The molecule has 3 fully saturated rings. The maximum absolute atomic E-state index is 10.7. The minimum absolute atomic E-state index is 0.0645. The van der Waals surface area contributed by atoms with E-state index in [1.165, 1.54) is 38.5 Å². The van der Waals surface area contributed by atoms with Crippen LogP contribution in [0.1, 0.15) is 86.0 Å². The zero-order valence-corrected chi connectivity index (χ0v) is 20.5. The van der Waals surface area contributed by atoms with E-state index in [1.54, 1.807) is 5.57 Å². The summed E-state index contributed by atoms with van der Waals surface area (Å²) < 4.78 is 6.84. The first-order chi connectivity index (χ1) is 12.9. The second-order valence-electron chi connectivity index (χ2n) is 12.6. The predicted octanol–water partition coefficient (Wildman–Crippen LogP) is 6.70. The number of aliphatic hydroxyl groups excluding tert-OH is 1. The first-order valence-electron chi connectivity index (χ1n) is 11.9. The van der Waals surface area contributed by atoms with Crippen LogP contribution in [0.5, 0.6) is 0 Å².